The van der Waals surface area contributed by atoms with Gasteiger partial charge < -0.3 is 15.3 Å². The number of H-pyrrole nitrogens is 2. The third-order valence-corrected chi connectivity index (χ3v) is 4.46. The van der Waals surface area contributed by atoms with Crippen LogP contribution in [0.25, 0.3) is 27.4 Å². The van der Waals surface area contributed by atoms with Crippen molar-refractivity contribution in [1.29, 1.82) is 0 Å². The Morgan fingerprint density at radius 2 is 1.62 bits per heavy atom. The first-order valence-corrected chi connectivity index (χ1v) is 8.40. The van der Waals surface area contributed by atoms with Crippen molar-refractivity contribution < 1.29 is 0 Å². The van der Waals surface area contributed by atoms with E-state index in [1.807, 2.05) is 18.3 Å². The summed E-state index contributed by atoms with van der Waals surface area (Å²) in [4.78, 5) is 6.44. The molecule has 1 aliphatic rings. The molecule has 0 bridgehead atoms. The second-order valence-corrected chi connectivity index (χ2v) is 6.00. The summed E-state index contributed by atoms with van der Waals surface area (Å²) < 4.78 is 0. The molecular weight excluding hydrogens is 294 g/mol. The zero-order valence-corrected chi connectivity index (χ0v) is 13.5. The SMILES string of the molecule is C1=C(c2c[nH]c3ccccc23)CCNC1.c1ccc2[nH]ccc2c1. The molecular formula is C21H21N3. The first-order chi connectivity index (χ1) is 11.9. The predicted molar refractivity (Wildman–Crippen MR) is 102 cm³/mol. The van der Waals surface area contributed by atoms with Gasteiger partial charge in [-0.1, -0.05) is 42.5 Å². The van der Waals surface area contributed by atoms with Crippen molar-refractivity contribution >= 4 is 27.4 Å². The van der Waals surface area contributed by atoms with Gasteiger partial charge >= 0.3 is 0 Å². The van der Waals surface area contributed by atoms with Crippen LogP contribution >= 0.6 is 0 Å². The Bertz CT molecular complexity index is 945. The molecule has 4 aromatic rings. The van der Waals surface area contributed by atoms with Gasteiger partial charge in [0, 0.05) is 40.9 Å². The smallest absolute Gasteiger partial charge is 0.0460 e. The van der Waals surface area contributed by atoms with E-state index >= 15 is 0 Å². The summed E-state index contributed by atoms with van der Waals surface area (Å²) in [7, 11) is 0. The number of rotatable bonds is 1. The van der Waals surface area contributed by atoms with Crippen molar-refractivity contribution in [3.05, 3.63) is 78.6 Å². The molecule has 3 N–H and O–H groups in total. The molecule has 0 amide bonds. The zero-order valence-electron chi connectivity index (χ0n) is 13.5. The number of fused-ring (bicyclic) bond motifs is 2. The van der Waals surface area contributed by atoms with Crippen molar-refractivity contribution in [3.8, 4) is 0 Å². The number of hydrogen-bond donors (Lipinski definition) is 3. The molecule has 3 nitrogen and oxygen atoms in total. The summed E-state index contributed by atoms with van der Waals surface area (Å²) in [5.41, 5.74) is 5.27. The second-order valence-electron chi connectivity index (χ2n) is 6.00. The topological polar surface area (TPSA) is 43.6 Å². The maximum Gasteiger partial charge on any atom is 0.0460 e. The van der Waals surface area contributed by atoms with Crippen LogP contribution < -0.4 is 5.32 Å². The van der Waals surface area contributed by atoms with Gasteiger partial charge in [-0.15, -0.1) is 0 Å². The standard InChI is InChI=1S/C13H14N2.C8H7N/c1-2-4-13-11(3-1)12(9-15-13)10-5-7-14-8-6-10;1-2-4-8-7(3-1)5-6-9-8/h1-5,9,14-15H,6-8H2;1-6,9H. The average Bonchev–Trinajstić information content (AvgIpc) is 3.30. The van der Waals surface area contributed by atoms with Crippen LogP contribution in [-0.2, 0) is 0 Å². The van der Waals surface area contributed by atoms with Crippen LogP contribution in [0.1, 0.15) is 12.0 Å². The lowest BCUT2D eigenvalue weighted by atomic mass is 10.00. The Morgan fingerprint density at radius 1 is 0.792 bits per heavy atom. The Labute approximate surface area is 141 Å². The highest BCUT2D eigenvalue weighted by Gasteiger charge is 2.09. The lowest BCUT2D eigenvalue weighted by Crippen LogP contribution is -2.19. The van der Waals surface area contributed by atoms with Crippen molar-refractivity contribution in [3.63, 3.8) is 0 Å². The van der Waals surface area contributed by atoms with Crippen molar-refractivity contribution in [2.24, 2.45) is 0 Å². The summed E-state index contributed by atoms with van der Waals surface area (Å²) >= 11 is 0. The largest absolute Gasteiger partial charge is 0.361 e. The number of aromatic amines is 2. The van der Waals surface area contributed by atoms with E-state index in [4.69, 9.17) is 0 Å². The fourth-order valence-electron chi connectivity index (χ4n) is 3.20. The summed E-state index contributed by atoms with van der Waals surface area (Å²) in [6, 6.07) is 18.8. The summed E-state index contributed by atoms with van der Waals surface area (Å²) in [5.74, 6) is 0. The van der Waals surface area contributed by atoms with Crippen LogP contribution in [-0.4, -0.2) is 23.1 Å². The van der Waals surface area contributed by atoms with E-state index in [0.29, 0.717) is 0 Å². The molecule has 120 valence electrons. The van der Waals surface area contributed by atoms with E-state index in [2.05, 4.69) is 70.0 Å². The molecule has 24 heavy (non-hydrogen) atoms. The molecule has 3 heteroatoms. The Kier molecular flexibility index (Phi) is 4.17. The fraction of sp³-hybridized carbons (Fsp3) is 0.143. The lowest BCUT2D eigenvalue weighted by Gasteiger charge is -2.13. The summed E-state index contributed by atoms with van der Waals surface area (Å²) in [6.45, 7) is 2.08. The van der Waals surface area contributed by atoms with E-state index in [1.165, 1.54) is 32.9 Å². The molecule has 5 rings (SSSR count). The maximum atomic E-state index is 3.34. The molecule has 2 aromatic heterocycles. The minimum atomic E-state index is 0.995. The highest BCUT2D eigenvalue weighted by atomic mass is 14.8. The van der Waals surface area contributed by atoms with E-state index < -0.39 is 0 Å². The van der Waals surface area contributed by atoms with Crippen LogP contribution in [0.4, 0.5) is 0 Å². The van der Waals surface area contributed by atoms with Crippen molar-refractivity contribution in [1.82, 2.24) is 15.3 Å². The van der Waals surface area contributed by atoms with Crippen molar-refractivity contribution in [2.45, 2.75) is 6.42 Å². The number of para-hydroxylation sites is 2. The van der Waals surface area contributed by atoms with Crippen LogP contribution in [0.3, 0.4) is 0 Å². The van der Waals surface area contributed by atoms with Gasteiger partial charge in [0.1, 0.15) is 0 Å². The Balaban J connectivity index is 0.000000138. The zero-order chi connectivity index (χ0) is 16.2. The predicted octanol–water partition coefficient (Wildman–Crippen LogP) is 4.71. The third-order valence-electron chi connectivity index (χ3n) is 4.46. The van der Waals surface area contributed by atoms with E-state index in [0.717, 1.165) is 19.5 Å². The number of nitrogens with one attached hydrogen (secondary N) is 3. The molecule has 1 aliphatic heterocycles. The minimum absolute atomic E-state index is 0.995. The van der Waals surface area contributed by atoms with Crippen LogP contribution in [0.5, 0.6) is 0 Å². The number of aromatic nitrogens is 2. The summed E-state index contributed by atoms with van der Waals surface area (Å²) in [6.07, 6.45) is 7.49. The van der Waals surface area contributed by atoms with Gasteiger partial charge in [-0.25, -0.2) is 0 Å². The molecule has 2 aromatic carbocycles. The molecule has 0 spiro atoms. The van der Waals surface area contributed by atoms with Gasteiger partial charge in [-0.2, -0.15) is 0 Å². The first-order valence-electron chi connectivity index (χ1n) is 8.40. The van der Waals surface area contributed by atoms with Gasteiger partial charge in [0.05, 0.1) is 0 Å². The lowest BCUT2D eigenvalue weighted by molar-refractivity contribution is 0.739. The highest BCUT2D eigenvalue weighted by molar-refractivity contribution is 5.92. The quantitative estimate of drug-likeness (QED) is 0.468. The van der Waals surface area contributed by atoms with Gasteiger partial charge in [-0.05, 0) is 42.1 Å². The molecule has 0 atom stereocenters. The van der Waals surface area contributed by atoms with E-state index in [1.54, 1.807) is 0 Å². The normalized spacial score (nSPS) is 14.2. The first kappa shape index (κ1) is 14.8. The number of hydrogen-bond acceptors (Lipinski definition) is 1. The van der Waals surface area contributed by atoms with E-state index in [-0.39, 0.29) is 0 Å². The third kappa shape index (κ3) is 2.99. The van der Waals surface area contributed by atoms with E-state index in [9.17, 15) is 0 Å². The van der Waals surface area contributed by atoms with Gasteiger partial charge in [0.2, 0.25) is 0 Å². The molecule has 0 saturated heterocycles. The summed E-state index contributed by atoms with van der Waals surface area (Å²) in [5, 5.41) is 5.95. The minimum Gasteiger partial charge on any atom is -0.361 e. The Morgan fingerprint density at radius 3 is 2.46 bits per heavy atom. The molecule has 0 unspecified atom stereocenters. The maximum absolute atomic E-state index is 3.34. The van der Waals surface area contributed by atoms with Crippen LogP contribution in [0.15, 0.2) is 73.1 Å². The van der Waals surface area contributed by atoms with Gasteiger partial charge in [0.15, 0.2) is 0 Å². The molecule has 0 fully saturated rings. The monoisotopic (exact) mass is 315 g/mol. The molecule has 0 radical (unpaired) electrons. The fourth-order valence-corrected chi connectivity index (χ4v) is 3.20. The Hall–Kier alpha value is -2.78. The average molecular weight is 315 g/mol. The number of benzene rings is 2. The second kappa shape index (κ2) is 6.77. The molecule has 3 heterocycles. The van der Waals surface area contributed by atoms with Crippen LogP contribution in [0.2, 0.25) is 0 Å². The van der Waals surface area contributed by atoms with Gasteiger partial charge in [-0.3, -0.25) is 0 Å². The molecule has 0 saturated carbocycles. The molecule has 0 aliphatic carbocycles. The van der Waals surface area contributed by atoms with Crippen molar-refractivity contribution in [2.75, 3.05) is 13.1 Å². The highest BCUT2D eigenvalue weighted by Crippen LogP contribution is 2.27. The van der Waals surface area contributed by atoms with Crippen LogP contribution in [0, 0.1) is 0 Å². The van der Waals surface area contributed by atoms with Gasteiger partial charge in [0.25, 0.3) is 0 Å².